The van der Waals surface area contributed by atoms with Gasteiger partial charge in [0.15, 0.2) is 17.1 Å². The zero-order valence-electron chi connectivity index (χ0n) is 20.0. The molecule has 39 heavy (non-hydrogen) atoms. The number of aromatic amines is 1. The number of phenolic OH excluding ortho intramolecular Hbond substituents is 2. The van der Waals surface area contributed by atoms with Crippen molar-refractivity contribution in [2.45, 2.75) is 13.5 Å². The van der Waals surface area contributed by atoms with Gasteiger partial charge < -0.3 is 24.5 Å². The maximum Gasteiger partial charge on any atom is 0.336 e. The predicted octanol–water partition coefficient (Wildman–Crippen LogP) is 2.44. The van der Waals surface area contributed by atoms with E-state index < -0.39 is 46.7 Å². The first kappa shape index (κ1) is 25.0. The Balaban J connectivity index is 1.69. The number of H-pyrrole nitrogens is 1. The van der Waals surface area contributed by atoms with Crippen molar-refractivity contribution >= 4 is 22.9 Å². The molecule has 0 saturated heterocycles. The van der Waals surface area contributed by atoms with E-state index in [0.29, 0.717) is 0 Å². The summed E-state index contributed by atoms with van der Waals surface area (Å²) >= 11 is 0. The number of aromatic carboxylic acids is 1. The summed E-state index contributed by atoms with van der Waals surface area (Å²) in [6.07, 6.45) is 1.18. The van der Waals surface area contributed by atoms with Crippen LogP contribution < -0.4 is 21.4 Å². The van der Waals surface area contributed by atoms with Crippen LogP contribution in [0.4, 0.5) is 0 Å². The van der Waals surface area contributed by atoms with Crippen LogP contribution in [0, 0.1) is 6.92 Å². The molecule has 2 aliphatic rings. The van der Waals surface area contributed by atoms with Crippen molar-refractivity contribution in [2.24, 2.45) is 0 Å². The molecule has 0 bridgehead atoms. The van der Waals surface area contributed by atoms with Crippen LogP contribution in [0.2, 0.25) is 0 Å². The highest BCUT2D eigenvalue weighted by atomic mass is 16.5. The van der Waals surface area contributed by atoms with E-state index in [-0.39, 0.29) is 50.3 Å². The molecule has 196 valence electrons. The third kappa shape index (κ3) is 4.29. The number of benzene rings is 3. The van der Waals surface area contributed by atoms with Crippen molar-refractivity contribution in [1.29, 1.82) is 0 Å². The highest BCUT2D eigenvalue weighted by molar-refractivity contribution is 6.09. The smallest absolute Gasteiger partial charge is 0.336 e. The van der Waals surface area contributed by atoms with Gasteiger partial charge in [0.1, 0.15) is 6.54 Å². The summed E-state index contributed by atoms with van der Waals surface area (Å²) in [4.78, 5) is 62.3. The van der Waals surface area contributed by atoms with E-state index in [1.807, 2.05) is 0 Å². The summed E-state index contributed by atoms with van der Waals surface area (Å²) in [6, 6.07) is 11.1. The van der Waals surface area contributed by atoms with Crippen molar-refractivity contribution in [3.63, 3.8) is 0 Å². The van der Waals surface area contributed by atoms with Crippen LogP contribution in [0.1, 0.15) is 15.9 Å². The standard InChI is InChI=1S/C27H18N2O10/c1-12-10-29(27(37)28-25(12)34)11-19(31)38-18-9-7-16-20(13-4-2-3-5-14(13)26(35)36)15-6-8-17(30)21(32)23(15)39-24(16)22(18)33/h2-10,32-33H,11H2,1H3,(H,35,36)(H,28,34,37). The van der Waals surface area contributed by atoms with E-state index in [2.05, 4.69) is 4.98 Å². The number of fused-ring (bicyclic) bond motifs is 2. The molecule has 12 heteroatoms. The minimum atomic E-state index is -1.24. The normalized spacial score (nSPS) is 11.1. The summed E-state index contributed by atoms with van der Waals surface area (Å²) in [5.41, 5.74) is -1.76. The average molecular weight is 530 g/mol. The number of ether oxygens (including phenoxy) is 1. The molecule has 0 unspecified atom stereocenters. The molecule has 1 aromatic heterocycles. The first-order valence-electron chi connectivity index (χ1n) is 11.3. The van der Waals surface area contributed by atoms with Crippen LogP contribution in [0.3, 0.4) is 0 Å². The van der Waals surface area contributed by atoms with Gasteiger partial charge in [0.25, 0.3) is 5.56 Å². The third-order valence-electron chi connectivity index (χ3n) is 6.07. The van der Waals surface area contributed by atoms with Gasteiger partial charge in [0.2, 0.25) is 16.9 Å². The quantitative estimate of drug-likeness (QED) is 0.149. The van der Waals surface area contributed by atoms with Crippen LogP contribution in [-0.4, -0.2) is 36.8 Å². The number of rotatable bonds is 5. The molecule has 0 radical (unpaired) electrons. The van der Waals surface area contributed by atoms with E-state index in [9.17, 15) is 39.3 Å². The van der Waals surface area contributed by atoms with Crippen molar-refractivity contribution in [3.05, 3.63) is 96.9 Å². The van der Waals surface area contributed by atoms with Gasteiger partial charge in [0.05, 0.1) is 5.56 Å². The number of aryl methyl sites for hydroxylation is 1. The Labute approximate surface area is 216 Å². The van der Waals surface area contributed by atoms with Gasteiger partial charge in [-0.15, -0.1) is 0 Å². The van der Waals surface area contributed by atoms with Gasteiger partial charge in [0, 0.05) is 28.3 Å². The van der Waals surface area contributed by atoms with E-state index in [1.54, 1.807) is 6.07 Å². The van der Waals surface area contributed by atoms with Gasteiger partial charge in [-0.05, 0) is 42.8 Å². The Bertz CT molecular complexity index is 1970. The number of carboxylic acid groups (broad SMARTS) is 1. The number of nitrogens with one attached hydrogen (secondary N) is 1. The number of hydrogen-bond donors (Lipinski definition) is 4. The topological polar surface area (TPSA) is 189 Å². The largest absolute Gasteiger partial charge is 0.502 e. The number of nitrogens with zero attached hydrogens (tertiary/aromatic N) is 1. The Morgan fingerprint density at radius 2 is 1.72 bits per heavy atom. The van der Waals surface area contributed by atoms with Crippen molar-refractivity contribution in [1.82, 2.24) is 9.55 Å². The number of carboxylic acids is 1. The van der Waals surface area contributed by atoms with Crippen molar-refractivity contribution in [3.8, 4) is 39.7 Å². The van der Waals surface area contributed by atoms with Gasteiger partial charge in [-0.3, -0.25) is 19.1 Å². The number of hydrogen-bond acceptors (Lipinski definition) is 9. The van der Waals surface area contributed by atoms with E-state index in [0.717, 1.165) is 10.6 Å². The lowest BCUT2D eigenvalue weighted by molar-refractivity contribution is -0.135. The lowest BCUT2D eigenvalue weighted by Gasteiger charge is -2.18. The second-order valence-electron chi connectivity index (χ2n) is 8.58. The number of carbonyl (C=O) groups excluding carboxylic acids is 1. The molecule has 5 rings (SSSR count). The van der Waals surface area contributed by atoms with Crippen LogP contribution >= 0.6 is 0 Å². The molecule has 4 N–H and O–H groups in total. The van der Waals surface area contributed by atoms with Gasteiger partial charge in [-0.2, -0.15) is 0 Å². The molecule has 0 fully saturated rings. The Morgan fingerprint density at radius 1 is 0.974 bits per heavy atom. The van der Waals surface area contributed by atoms with E-state index in [1.165, 1.54) is 49.5 Å². The SMILES string of the molecule is Cc1cn(CC(=O)Oc2ccc3c(-c4ccccc4C(=O)O)c4ccc(=O)c(O)c-4oc3c2O)c(=O)[nH]c1=O. The van der Waals surface area contributed by atoms with Gasteiger partial charge >= 0.3 is 17.6 Å². The number of aromatic hydroxyl groups is 2. The van der Waals surface area contributed by atoms with Gasteiger partial charge in [-0.1, -0.05) is 18.2 Å². The lowest BCUT2D eigenvalue weighted by atomic mass is 9.90. The molecular formula is C27H18N2O10. The fourth-order valence-corrected chi connectivity index (χ4v) is 4.24. The maximum absolute atomic E-state index is 12.6. The van der Waals surface area contributed by atoms with Gasteiger partial charge in [-0.25, -0.2) is 14.4 Å². The van der Waals surface area contributed by atoms with Crippen LogP contribution in [0.15, 0.2) is 73.5 Å². The number of phenols is 2. The fourth-order valence-electron chi connectivity index (χ4n) is 4.24. The minimum absolute atomic E-state index is 0.0892. The second-order valence-corrected chi connectivity index (χ2v) is 8.58. The van der Waals surface area contributed by atoms with Crippen LogP contribution in [0.25, 0.3) is 33.4 Å². The van der Waals surface area contributed by atoms with Crippen LogP contribution in [-0.2, 0) is 11.3 Å². The molecule has 0 spiro atoms. The molecule has 2 heterocycles. The fraction of sp³-hybridized carbons (Fsp3) is 0.0741. The molecule has 0 saturated carbocycles. The molecule has 1 aliphatic carbocycles. The highest BCUT2D eigenvalue weighted by Gasteiger charge is 2.27. The summed E-state index contributed by atoms with van der Waals surface area (Å²) in [5.74, 6) is -4.35. The average Bonchev–Trinajstić information content (AvgIpc) is 2.90. The Hall–Kier alpha value is -5.65. The number of esters is 1. The molecule has 1 aliphatic heterocycles. The Morgan fingerprint density at radius 3 is 2.46 bits per heavy atom. The third-order valence-corrected chi connectivity index (χ3v) is 6.07. The molecule has 0 amide bonds. The summed E-state index contributed by atoms with van der Waals surface area (Å²) in [6.45, 7) is 0.851. The van der Waals surface area contributed by atoms with Crippen LogP contribution in [0.5, 0.6) is 17.2 Å². The molecular weight excluding hydrogens is 512 g/mol. The lowest BCUT2D eigenvalue weighted by Crippen LogP contribution is -2.33. The zero-order chi connectivity index (χ0) is 28.0. The first-order valence-corrected chi connectivity index (χ1v) is 11.3. The first-order chi connectivity index (χ1) is 18.6. The van der Waals surface area contributed by atoms with E-state index >= 15 is 0 Å². The Kier molecular flexibility index (Phi) is 5.99. The minimum Gasteiger partial charge on any atom is -0.502 e. The molecule has 3 aromatic rings. The van der Waals surface area contributed by atoms with E-state index in [4.69, 9.17) is 9.15 Å². The maximum atomic E-state index is 12.6. The second kappa shape index (κ2) is 9.34. The predicted molar refractivity (Wildman–Crippen MR) is 137 cm³/mol. The molecule has 2 aromatic carbocycles. The monoisotopic (exact) mass is 530 g/mol. The summed E-state index contributed by atoms with van der Waals surface area (Å²) < 4.78 is 11.9. The summed E-state index contributed by atoms with van der Waals surface area (Å²) in [7, 11) is 0. The number of aromatic nitrogens is 2. The highest BCUT2D eigenvalue weighted by Crippen LogP contribution is 2.47. The molecule has 12 nitrogen and oxygen atoms in total. The molecule has 0 atom stereocenters. The van der Waals surface area contributed by atoms with Crippen molar-refractivity contribution in [2.75, 3.05) is 0 Å². The zero-order valence-corrected chi connectivity index (χ0v) is 20.0. The number of carbonyl (C=O) groups is 2. The van der Waals surface area contributed by atoms with Crippen molar-refractivity contribution < 1.29 is 34.1 Å². The summed E-state index contributed by atoms with van der Waals surface area (Å²) in [5, 5.41) is 31.4.